The normalized spacial score (nSPS) is 17.4. The molecule has 33 heavy (non-hydrogen) atoms. The van der Waals surface area contributed by atoms with Crippen LogP contribution in [0.25, 0.3) is 10.9 Å². The average Bonchev–Trinajstić information content (AvgIpc) is 3.22. The number of piperazine rings is 1. The van der Waals surface area contributed by atoms with Crippen molar-refractivity contribution in [2.45, 2.75) is 32.7 Å². The molecule has 2 N–H and O–H groups in total. The molecule has 0 bridgehead atoms. The van der Waals surface area contributed by atoms with Crippen LogP contribution in [0.4, 0.5) is 11.5 Å². The summed E-state index contributed by atoms with van der Waals surface area (Å²) in [6.07, 6.45) is 7.26. The molecule has 1 saturated heterocycles. The largest absolute Gasteiger partial charge is 0.491 e. The number of aryl methyl sites for hydroxylation is 1. The van der Waals surface area contributed by atoms with E-state index in [-0.39, 0.29) is 5.75 Å². The van der Waals surface area contributed by atoms with Crippen LogP contribution in [0.5, 0.6) is 5.75 Å². The van der Waals surface area contributed by atoms with Gasteiger partial charge < -0.3 is 14.6 Å². The highest BCUT2D eigenvalue weighted by molar-refractivity contribution is 7.92. The number of H-pyrrole nitrogens is 1. The van der Waals surface area contributed by atoms with E-state index in [0.29, 0.717) is 17.5 Å². The average molecular weight is 473 g/mol. The fourth-order valence-corrected chi connectivity index (χ4v) is 5.02. The topological polar surface area (TPSA) is 103 Å². The number of methoxy groups -OCH3 is 1. The Morgan fingerprint density at radius 2 is 2.15 bits per heavy atom. The van der Waals surface area contributed by atoms with E-state index < -0.39 is 10.0 Å². The van der Waals surface area contributed by atoms with E-state index in [9.17, 15) is 8.42 Å². The van der Waals surface area contributed by atoms with Crippen LogP contribution in [0.3, 0.4) is 0 Å². The standard InChI is InChI=1S/C23H32N6O3S/c1-4-33(30,31)27-19-7-8-21-20(12-19)18(13-25-21)6-5-9-28-10-11-29(15-17(28)2)23-22(32-3)14-24-16-26-23/h7-8,12-14,16-17,25,27H,4-6,9-11,15H2,1-3H3. The van der Waals surface area contributed by atoms with E-state index in [1.54, 1.807) is 32.6 Å². The predicted molar refractivity (Wildman–Crippen MR) is 132 cm³/mol. The van der Waals surface area contributed by atoms with Crippen molar-refractivity contribution in [3.63, 3.8) is 0 Å². The summed E-state index contributed by atoms with van der Waals surface area (Å²) in [7, 11) is -1.64. The Labute approximate surface area is 195 Å². The number of nitrogens with zero attached hydrogens (tertiary/aromatic N) is 4. The molecule has 1 atom stereocenters. The van der Waals surface area contributed by atoms with Gasteiger partial charge in [0.05, 0.1) is 19.1 Å². The highest BCUT2D eigenvalue weighted by atomic mass is 32.2. The third kappa shape index (κ3) is 5.39. The van der Waals surface area contributed by atoms with E-state index in [2.05, 4.69) is 36.4 Å². The van der Waals surface area contributed by atoms with Gasteiger partial charge in [-0.15, -0.1) is 0 Å². The number of aromatic amines is 1. The zero-order valence-electron chi connectivity index (χ0n) is 19.4. The number of hydrogen-bond acceptors (Lipinski definition) is 7. The summed E-state index contributed by atoms with van der Waals surface area (Å²) in [5.74, 6) is 1.62. The Hall–Kier alpha value is -2.85. The molecule has 0 spiro atoms. The highest BCUT2D eigenvalue weighted by Crippen LogP contribution is 2.27. The zero-order chi connectivity index (χ0) is 23.4. The third-order valence-electron chi connectivity index (χ3n) is 6.26. The molecule has 9 nitrogen and oxygen atoms in total. The van der Waals surface area contributed by atoms with Gasteiger partial charge in [-0.25, -0.2) is 18.4 Å². The summed E-state index contributed by atoms with van der Waals surface area (Å²) in [5, 5.41) is 1.07. The van der Waals surface area contributed by atoms with E-state index in [1.165, 1.54) is 5.56 Å². The summed E-state index contributed by atoms with van der Waals surface area (Å²) in [6, 6.07) is 6.04. The molecule has 0 aliphatic carbocycles. The highest BCUT2D eigenvalue weighted by Gasteiger charge is 2.26. The zero-order valence-corrected chi connectivity index (χ0v) is 20.2. The third-order valence-corrected chi connectivity index (χ3v) is 7.56. The number of benzene rings is 1. The molecule has 0 amide bonds. The first-order chi connectivity index (χ1) is 15.9. The van der Waals surface area contributed by atoms with E-state index >= 15 is 0 Å². The van der Waals surface area contributed by atoms with Crippen LogP contribution in [-0.2, 0) is 16.4 Å². The molecule has 0 saturated carbocycles. The molecule has 1 aromatic carbocycles. The van der Waals surface area contributed by atoms with Crippen LogP contribution in [0.2, 0.25) is 0 Å². The molecule has 178 valence electrons. The Morgan fingerprint density at radius 1 is 1.30 bits per heavy atom. The van der Waals surface area contributed by atoms with E-state index in [0.717, 1.165) is 55.7 Å². The predicted octanol–water partition coefficient (Wildman–Crippen LogP) is 2.87. The van der Waals surface area contributed by atoms with Crippen molar-refractivity contribution in [3.8, 4) is 5.75 Å². The fraction of sp³-hybridized carbons (Fsp3) is 0.478. The molecule has 3 aromatic rings. The minimum absolute atomic E-state index is 0.0560. The molecule has 0 radical (unpaired) electrons. The minimum atomic E-state index is -3.29. The number of aromatic nitrogens is 3. The van der Waals surface area contributed by atoms with Crippen molar-refractivity contribution >= 4 is 32.4 Å². The molecular formula is C23H32N6O3S. The lowest BCUT2D eigenvalue weighted by Gasteiger charge is -2.40. The molecule has 3 heterocycles. The van der Waals surface area contributed by atoms with Gasteiger partial charge in [0, 0.05) is 48.5 Å². The maximum Gasteiger partial charge on any atom is 0.232 e. The Balaban J connectivity index is 1.35. The maximum absolute atomic E-state index is 11.9. The lowest BCUT2D eigenvalue weighted by molar-refractivity contribution is 0.186. The second-order valence-electron chi connectivity index (χ2n) is 8.43. The number of hydrogen-bond donors (Lipinski definition) is 2. The van der Waals surface area contributed by atoms with Gasteiger partial charge in [-0.3, -0.25) is 9.62 Å². The van der Waals surface area contributed by atoms with Gasteiger partial charge in [0.15, 0.2) is 11.6 Å². The molecule has 10 heteroatoms. The van der Waals surface area contributed by atoms with Gasteiger partial charge in [-0.1, -0.05) is 0 Å². The van der Waals surface area contributed by atoms with Gasteiger partial charge in [0.1, 0.15) is 6.33 Å². The molecule has 4 rings (SSSR count). The number of sulfonamides is 1. The number of anilines is 2. The lowest BCUT2D eigenvalue weighted by Crippen LogP contribution is -2.52. The van der Waals surface area contributed by atoms with Gasteiger partial charge in [-0.05, 0) is 57.0 Å². The SMILES string of the molecule is CCS(=O)(=O)Nc1ccc2[nH]cc(CCCN3CCN(c4ncncc4OC)CC3C)c2c1. The fourth-order valence-electron chi connectivity index (χ4n) is 4.38. The Kier molecular flexibility index (Phi) is 7.04. The van der Waals surface area contributed by atoms with E-state index in [1.807, 2.05) is 18.3 Å². The van der Waals surface area contributed by atoms with Crippen molar-refractivity contribution in [1.29, 1.82) is 0 Å². The van der Waals surface area contributed by atoms with Crippen LogP contribution >= 0.6 is 0 Å². The molecule has 1 aliphatic heterocycles. The van der Waals surface area contributed by atoms with Crippen molar-refractivity contribution in [1.82, 2.24) is 19.9 Å². The summed E-state index contributed by atoms with van der Waals surface area (Å²) >= 11 is 0. The number of nitrogens with one attached hydrogen (secondary N) is 2. The van der Waals surface area contributed by atoms with Crippen LogP contribution in [0.15, 0.2) is 36.9 Å². The van der Waals surface area contributed by atoms with Crippen molar-refractivity contribution in [2.24, 2.45) is 0 Å². The number of rotatable bonds is 9. The van der Waals surface area contributed by atoms with Crippen molar-refractivity contribution < 1.29 is 13.2 Å². The molecule has 1 fully saturated rings. The monoisotopic (exact) mass is 472 g/mol. The van der Waals surface area contributed by atoms with Gasteiger partial charge in [0.2, 0.25) is 10.0 Å². The first-order valence-corrected chi connectivity index (χ1v) is 13.0. The van der Waals surface area contributed by atoms with Gasteiger partial charge in [-0.2, -0.15) is 0 Å². The number of fused-ring (bicyclic) bond motifs is 1. The maximum atomic E-state index is 11.9. The Bertz CT molecular complexity index is 1200. The summed E-state index contributed by atoms with van der Waals surface area (Å²) < 4.78 is 31.9. The summed E-state index contributed by atoms with van der Waals surface area (Å²) in [4.78, 5) is 16.5. The molecular weight excluding hydrogens is 440 g/mol. The van der Waals surface area contributed by atoms with Crippen LogP contribution < -0.4 is 14.4 Å². The summed E-state index contributed by atoms with van der Waals surface area (Å²) in [5.41, 5.74) is 2.83. The van der Waals surface area contributed by atoms with Crippen LogP contribution in [-0.4, -0.2) is 73.4 Å². The first-order valence-electron chi connectivity index (χ1n) is 11.3. The smallest absolute Gasteiger partial charge is 0.232 e. The van der Waals surface area contributed by atoms with E-state index in [4.69, 9.17) is 4.74 Å². The van der Waals surface area contributed by atoms with Crippen LogP contribution in [0.1, 0.15) is 25.8 Å². The molecule has 2 aromatic heterocycles. The van der Waals surface area contributed by atoms with Gasteiger partial charge in [0.25, 0.3) is 0 Å². The van der Waals surface area contributed by atoms with Crippen molar-refractivity contribution in [3.05, 3.63) is 42.5 Å². The lowest BCUT2D eigenvalue weighted by atomic mass is 10.1. The minimum Gasteiger partial charge on any atom is -0.491 e. The van der Waals surface area contributed by atoms with Gasteiger partial charge >= 0.3 is 0 Å². The first kappa shape index (κ1) is 23.3. The van der Waals surface area contributed by atoms with Crippen LogP contribution in [0, 0.1) is 0 Å². The van der Waals surface area contributed by atoms with Crippen molar-refractivity contribution in [2.75, 3.05) is 48.7 Å². The second-order valence-corrected chi connectivity index (χ2v) is 10.4. The molecule has 1 unspecified atom stereocenters. The summed E-state index contributed by atoms with van der Waals surface area (Å²) in [6.45, 7) is 7.63. The molecule has 1 aliphatic rings. The second kappa shape index (κ2) is 9.96. The number of ether oxygens (including phenoxy) is 1. The Morgan fingerprint density at radius 3 is 2.91 bits per heavy atom. The quantitative estimate of drug-likeness (QED) is 0.494.